The van der Waals surface area contributed by atoms with Gasteiger partial charge in [-0.05, 0) is 12.1 Å². The molecule has 148 valence electrons. The highest BCUT2D eigenvalue weighted by Crippen LogP contribution is 2.35. The van der Waals surface area contributed by atoms with Crippen LogP contribution in [0.5, 0.6) is 5.75 Å². The van der Waals surface area contributed by atoms with Crippen molar-refractivity contribution in [1.29, 1.82) is 5.26 Å². The van der Waals surface area contributed by atoms with E-state index >= 15 is 0 Å². The fourth-order valence-corrected chi connectivity index (χ4v) is 3.20. The lowest BCUT2D eigenvalue weighted by Crippen LogP contribution is -2.28. The van der Waals surface area contributed by atoms with Crippen molar-refractivity contribution in [3.05, 3.63) is 63.0 Å². The largest absolute Gasteiger partial charge is 0.506 e. The molecule has 1 amide bonds. The molecule has 0 unspecified atom stereocenters. The Labute approximate surface area is 174 Å². The van der Waals surface area contributed by atoms with E-state index in [1.807, 2.05) is 0 Å². The first-order valence-corrected chi connectivity index (χ1v) is 8.87. The van der Waals surface area contributed by atoms with E-state index in [0.29, 0.717) is 5.39 Å². The van der Waals surface area contributed by atoms with Gasteiger partial charge in [-0.3, -0.25) is 9.89 Å². The lowest BCUT2D eigenvalue weighted by molar-refractivity contribution is -0.126. The van der Waals surface area contributed by atoms with Crippen LogP contribution in [-0.2, 0) is 11.3 Å². The zero-order valence-corrected chi connectivity index (χ0v) is 16.4. The number of aliphatic hydroxyl groups is 1. The van der Waals surface area contributed by atoms with Crippen LogP contribution in [0.2, 0.25) is 10.0 Å². The summed E-state index contributed by atoms with van der Waals surface area (Å²) in [6.07, 6.45) is 1.47. The number of phenols is 1. The second-order valence-electron chi connectivity index (χ2n) is 6.16. The quantitative estimate of drug-likeness (QED) is 0.324. The third-order valence-electron chi connectivity index (χ3n) is 4.24. The Morgan fingerprint density at radius 3 is 2.62 bits per heavy atom. The number of amides is 1. The molecule has 7 nitrogen and oxygen atoms in total. The summed E-state index contributed by atoms with van der Waals surface area (Å²) in [6.45, 7) is -0.158. The Hall–Kier alpha value is -3.28. The lowest BCUT2D eigenvalue weighted by Gasteiger charge is -2.18. The van der Waals surface area contributed by atoms with E-state index in [9.17, 15) is 24.7 Å². The zero-order chi connectivity index (χ0) is 21.3. The summed E-state index contributed by atoms with van der Waals surface area (Å²) in [5.74, 6) is -2.47. The number of aromatic hydroxyl groups is 1. The van der Waals surface area contributed by atoms with E-state index in [-0.39, 0.29) is 33.2 Å². The Morgan fingerprint density at radius 2 is 2.00 bits per heavy atom. The SMILES string of the molecule is CN(Cc1ccc2cn[nH]c2c1F)C(=O)/C(C#N)=C(\O)c1cc(Cl)c(O)c(Cl)c1. The average Bonchev–Trinajstić information content (AvgIpc) is 3.17. The van der Waals surface area contributed by atoms with Gasteiger partial charge < -0.3 is 15.1 Å². The number of aliphatic hydroxyl groups excluding tert-OH is 1. The fraction of sp³-hybridized carbons (Fsp3) is 0.105. The molecule has 0 bridgehead atoms. The van der Waals surface area contributed by atoms with Crippen LogP contribution in [0.15, 0.2) is 36.0 Å². The summed E-state index contributed by atoms with van der Waals surface area (Å²) in [4.78, 5) is 13.8. The van der Waals surface area contributed by atoms with Crippen LogP contribution >= 0.6 is 23.2 Å². The standard InChI is InChI=1S/C19H13Cl2FN4O3/c1-26(8-10-3-2-9-7-24-25-16(9)15(10)22)19(29)12(6-23)17(27)11-4-13(20)18(28)14(21)5-11/h2-5,7,27-28H,8H2,1H3,(H,24,25)/b17-12-. The molecule has 29 heavy (non-hydrogen) atoms. The molecule has 2 aromatic carbocycles. The number of H-pyrrole nitrogens is 1. The highest BCUT2D eigenvalue weighted by molar-refractivity contribution is 6.37. The minimum atomic E-state index is -0.838. The van der Waals surface area contributed by atoms with Crippen molar-refractivity contribution in [2.45, 2.75) is 6.54 Å². The van der Waals surface area contributed by atoms with E-state index in [1.165, 1.54) is 19.3 Å². The molecule has 0 saturated heterocycles. The van der Waals surface area contributed by atoms with Crippen molar-refractivity contribution in [2.24, 2.45) is 0 Å². The second-order valence-corrected chi connectivity index (χ2v) is 6.97. The van der Waals surface area contributed by atoms with Crippen LogP contribution in [0.25, 0.3) is 16.7 Å². The van der Waals surface area contributed by atoms with Crippen molar-refractivity contribution in [2.75, 3.05) is 7.05 Å². The van der Waals surface area contributed by atoms with E-state index in [2.05, 4.69) is 10.2 Å². The zero-order valence-electron chi connectivity index (χ0n) is 14.9. The van der Waals surface area contributed by atoms with Gasteiger partial charge in [0.25, 0.3) is 5.91 Å². The predicted octanol–water partition coefficient (Wildman–Crippen LogP) is 4.17. The van der Waals surface area contributed by atoms with Gasteiger partial charge in [-0.25, -0.2) is 4.39 Å². The summed E-state index contributed by atoms with van der Waals surface area (Å²) >= 11 is 11.6. The number of aromatic amines is 1. The number of halogens is 3. The number of carbonyl (C=O) groups excluding carboxylic acids is 1. The molecule has 0 aliphatic rings. The van der Waals surface area contributed by atoms with Gasteiger partial charge in [0.05, 0.1) is 16.2 Å². The molecule has 0 atom stereocenters. The van der Waals surface area contributed by atoms with Gasteiger partial charge in [0.15, 0.2) is 17.1 Å². The van der Waals surface area contributed by atoms with Crippen molar-refractivity contribution in [1.82, 2.24) is 15.1 Å². The summed E-state index contributed by atoms with van der Waals surface area (Å²) < 4.78 is 14.6. The summed E-state index contributed by atoms with van der Waals surface area (Å²) in [5, 5.41) is 36.0. The van der Waals surface area contributed by atoms with Crippen LogP contribution in [0.3, 0.4) is 0 Å². The molecule has 0 aliphatic heterocycles. The predicted molar refractivity (Wildman–Crippen MR) is 106 cm³/mol. The number of phenolic OH excluding ortho intramolecular Hbond substituents is 1. The van der Waals surface area contributed by atoms with Crippen LogP contribution in [0.1, 0.15) is 11.1 Å². The molecule has 0 fully saturated rings. The number of carbonyl (C=O) groups is 1. The topological polar surface area (TPSA) is 113 Å². The number of fused-ring (bicyclic) bond motifs is 1. The summed E-state index contributed by atoms with van der Waals surface area (Å²) in [7, 11) is 1.36. The first kappa shape index (κ1) is 20.5. The first-order chi connectivity index (χ1) is 13.7. The smallest absolute Gasteiger partial charge is 0.268 e. The molecule has 3 aromatic rings. The third-order valence-corrected chi connectivity index (χ3v) is 4.82. The number of nitrogens with one attached hydrogen (secondary N) is 1. The minimum Gasteiger partial charge on any atom is -0.506 e. The third kappa shape index (κ3) is 3.83. The molecule has 3 rings (SSSR count). The van der Waals surface area contributed by atoms with Gasteiger partial charge in [0.1, 0.15) is 17.3 Å². The summed E-state index contributed by atoms with van der Waals surface area (Å²) in [6, 6.07) is 7.12. The van der Waals surface area contributed by atoms with Gasteiger partial charge in [-0.1, -0.05) is 35.3 Å². The van der Waals surface area contributed by atoms with Crippen LogP contribution in [-0.4, -0.2) is 38.3 Å². The molecule has 10 heteroatoms. The highest BCUT2D eigenvalue weighted by atomic mass is 35.5. The molecule has 0 aliphatic carbocycles. The second kappa shape index (κ2) is 7.99. The molecule has 1 heterocycles. The van der Waals surface area contributed by atoms with Gasteiger partial charge in [0.2, 0.25) is 0 Å². The van der Waals surface area contributed by atoms with Gasteiger partial charge >= 0.3 is 0 Å². The Morgan fingerprint density at radius 1 is 1.34 bits per heavy atom. The monoisotopic (exact) mass is 434 g/mol. The lowest BCUT2D eigenvalue weighted by atomic mass is 10.1. The average molecular weight is 435 g/mol. The Kier molecular flexibility index (Phi) is 5.64. The van der Waals surface area contributed by atoms with E-state index in [1.54, 1.807) is 12.1 Å². The van der Waals surface area contributed by atoms with E-state index < -0.39 is 28.8 Å². The molecular weight excluding hydrogens is 422 g/mol. The maximum Gasteiger partial charge on any atom is 0.268 e. The molecule has 0 saturated carbocycles. The molecular formula is C19H13Cl2FN4O3. The minimum absolute atomic E-state index is 0.0267. The van der Waals surface area contributed by atoms with Crippen LogP contribution in [0, 0.1) is 17.1 Å². The Bertz CT molecular complexity index is 1180. The molecule has 0 radical (unpaired) electrons. The normalized spacial score (nSPS) is 11.8. The van der Waals surface area contributed by atoms with Crippen molar-refractivity contribution in [3.8, 4) is 11.8 Å². The maximum atomic E-state index is 14.6. The Balaban J connectivity index is 1.92. The molecule has 0 spiro atoms. The summed E-state index contributed by atoms with van der Waals surface area (Å²) in [5.41, 5.74) is -0.213. The fourth-order valence-electron chi connectivity index (χ4n) is 2.71. The van der Waals surface area contributed by atoms with E-state index in [4.69, 9.17) is 23.2 Å². The van der Waals surface area contributed by atoms with E-state index in [0.717, 1.165) is 17.0 Å². The highest BCUT2D eigenvalue weighted by Gasteiger charge is 2.23. The number of nitrogens with zero attached hydrogens (tertiary/aromatic N) is 3. The van der Waals surface area contributed by atoms with Crippen molar-refractivity contribution < 1.29 is 19.4 Å². The number of hydrogen-bond acceptors (Lipinski definition) is 5. The number of benzene rings is 2. The van der Waals surface area contributed by atoms with Crippen molar-refractivity contribution >= 4 is 45.8 Å². The van der Waals surface area contributed by atoms with Gasteiger partial charge in [-0.15, -0.1) is 0 Å². The number of likely N-dealkylation sites (N-methyl/N-ethyl adjacent to an activating group) is 1. The first-order valence-electron chi connectivity index (χ1n) is 8.12. The van der Waals surface area contributed by atoms with Gasteiger partial charge in [-0.2, -0.15) is 10.4 Å². The number of hydrogen-bond donors (Lipinski definition) is 3. The number of aromatic nitrogens is 2. The van der Waals surface area contributed by atoms with Gasteiger partial charge in [0, 0.05) is 30.1 Å². The molecule has 3 N–H and O–H groups in total. The van der Waals surface area contributed by atoms with Crippen LogP contribution < -0.4 is 0 Å². The van der Waals surface area contributed by atoms with Crippen molar-refractivity contribution in [3.63, 3.8) is 0 Å². The van der Waals surface area contributed by atoms with Crippen LogP contribution in [0.4, 0.5) is 4.39 Å². The number of nitriles is 1. The number of rotatable bonds is 4. The molecule has 1 aromatic heterocycles. The maximum absolute atomic E-state index is 14.6.